The van der Waals surface area contributed by atoms with Crippen LogP contribution in [0.4, 0.5) is 0 Å². The van der Waals surface area contributed by atoms with Gasteiger partial charge < -0.3 is 9.88 Å². The summed E-state index contributed by atoms with van der Waals surface area (Å²) in [6.45, 7) is 3.13. The summed E-state index contributed by atoms with van der Waals surface area (Å²) in [6.07, 6.45) is 3.95. The van der Waals surface area contributed by atoms with Crippen LogP contribution in [0.25, 0.3) is 11.0 Å². The van der Waals surface area contributed by atoms with Crippen LogP contribution < -0.4 is 4.72 Å². The van der Waals surface area contributed by atoms with E-state index in [1.54, 1.807) is 4.90 Å². The van der Waals surface area contributed by atoms with Crippen molar-refractivity contribution in [2.75, 3.05) is 19.3 Å². The second-order valence-corrected chi connectivity index (χ2v) is 8.82. The molecule has 1 amide bonds. The van der Waals surface area contributed by atoms with E-state index in [0.717, 1.165) is 29.7 Å². The molecule has 26 heavy (non-hydrogen) atoms. The molecule has 1 aromatic carbocycles. The molecule has 2 N–H and O–H groups in total. The molecule has 1 fully saturated rings. The average Bonchev–Trinajstić information content (AvgIpc) is 3.15. The highest BCUT2D eigenvalue weighted by molar-refractivity contribution is 7.88. The fraction of sp³-hybridized carbons (Fsp3) is 0.556. The van der Waals surface area contributed by atoms with Gasteiger partial charge in [-0.3, -0.25) is 4.79 Å². The van der Waals surface area contributed by atoms with Crippen molar-refractivity contribution in [3.05, 3.63) is 30.1 Å². The van der Waals surface area contributed by atoms with Crippen molar-refractivity contribution in [2.24, 2.45) is 5.92 Å². The number of likely N-dealkylation sites (tertiary alicyclic amines) is 1. The number of carbonyl (C=O) groups excluding carboxylic acids is 1. The van der Waals surface area contributed by atoms with Gasteiger partial charge in [0.2, 0.25) is 15.9 Å². The molecule has 2 heterocycles. The number of amides is 1. The van der Waals surface area contributed by atoms with E-state index in [1.165, 1.54) is 6.26 Å². The zero-order chi connectivity index (χ0) is 18.7. The lowest BCUT2D eigenvalue weighted by molar-refractivity contribution is -0.130. The third kappa shape index (κ3) is 4.62. The molecular weight excluding hydrogens is 352 g/mol. The van der Waals surface area contributed by atoms with Gasteiger partial charge in [-0.05, 0) is 24.5 Å². The molecule has 0 saturated carbocycles. The van der Waals surface area contributed by atoms with Crippen molar-refractivity contribution in [3.8, 4) is 0 Å². The molecule has 8 heteroatoms. The van der Waals surface area contributed by atoms with Crippen molar-refractivity contribution >= 4 is 27.0 Å². The van der Waals surface area contributed by atoms with Gasteiger partial charge in [-0.15, -0.1) is 0 Å². The molecule has 7 nitrogen and oxygen atoms in total. The molecule has 1 aliphatic rings. The summed E-state index contributed by atoms with van der Waals surface area (Å²) in [5.74, 6) is 1.02. The average molecular weight is 378 g/mol. The fourth-order valence-electron chi connectivity index (χ4n) is 3.65. The molecule has 0 radical (unpaired) electrons. The van der Waals surface area contributed by atoms with Crippen LogP contribution in [0.2, 0.25) is 0 Å². The Morgan fingerprint density at radius 2 is 2.12 bits per heavy atom. The summed E-state index contributed by atoms with van der Waals surface area (Å²) in [5.41, 5.74) is 1.87. The minimum absolute atomic E-state index is 0.0457. The Morgan fingerprint density at radius 3 is 2.81 bits per heavy atom. The molecule has 142 valence electrons. The number of benzene rings is 1. The number of sulfonamides is 1. The van der Waals surface area contributed by atoms with E-state index in [4.69, 9.17) is 0 Å². The molecule has 1 aromatic heterocycles. The molecule has 3 rings (SSSR count). The van der Waals surface area contributed by atoms with Crippen LogP contribution in [0.3, 0.4) is 0 Å². The van der Waals surface area contributed by atoms with Crippen LogP contribution in [0.1, 0.15) is 32.0 Å². The van der Waals surface area contributed by atoms with Crippen molar-refractivity contribution in [1.29, 1.82) is 0 Å². The van der Waals surface area contributed by atoms with Gasteiger partial charge in [0.05, 0.1) is 17.3 Å². The van der Waals surface area contributed by atoms with Crippen LogP contribution in [0.15, 0.2) is 24.3 Å². The third-order valence-electron chi connectivity index (χ3n) is 4.83. The Bertz CT molecular complexity index is 844. The zero-order valence-electron chi connectivity index (χ0n) is 15.2. The largest absolute Gasteiger partial charge is 0.342 e. The minimum atomic E-state index is -3.28. The highest BCUT2D eigenvalue weighted by Crippen LogP contribution is 2.23. The first-order valence-electron chi connectivity index (χ1n) is 9.04. The molecule has 2 aromatic rings. The SMILES string of the molecule is CCC[C@@H]1CN(C(=O)CCc2nc3ccccc3[nH]2)C[C@H]1NS(C)(=O)=O. The summed E-state index contributed by atoms with van der Waals surface area (Å²) in [4.78, 5) is 22.1. The number of fused-ring (bicyclic) bond motifs is 1. The summed E-state index contributed by atoms with van der Waals surface area (Å²) in [6, 6.07) is 7.59. The molecule has 1 saturated heterocycles. The van der Waals surface area contributed by atoms with Gasteiger partial charge in [-0.1, -0.05) is 25.5 Å². The molecule has 1 aliphatic heterocycles. The Labute approximate surface area is 154 Å². The van der Waals surface area contributed by atoms with Crippen LogP contribution in [0.5, 0.6) is 0 Å². The van der Waals surface area contributed by atoms with E-state index in [1.807, 2.05) is 24.3 Å². The van der Waals surface area contributed by atoms with E-state index < -0.39 is 10.0 Å². The van der Waals surface area contributed by atoms with Crippen molar-refractivity contribution in [2.45, 2.75) is 38.6 Å². The number of H-pyrrole nitrogens is 1. The fourth-order valence-corrected chi connectivity index (χ4v) is 4.47. The Hall–Kier alpha value is -1.93. The second kappa shape index (κ2) is 7.75. The maximum Gasteiger partial charge on any atom is 0.223 e. The number of nitrogens with one attached hydrogen (secondary N) is 2. The molecule has 2 atom stereocenters. The van der Waals surface area contributed by atoms with Gasteiger partial charge in [0.25, 0.3) is 0 Å². The Kier molecular flexibility index (Phi) is 5.62. The van der Waals surface area contributed by atoms with E-state index >= 15 is 0 Å². The van der Waals surface area contributed by atoms with Gasteiger partial charge in [-0.2, -0.15) is 0 Å². The lowest BCUT2D eigenvalue weighted by atomic mass is 9.99. The van der Waals surface area contributed by atoms with Gasteiger partial charge in [0, 0.05) is 32.0 Å². The maximum absolute atomic E-state index is 12.6. The summed E-state index contributed by atoms with van der Waals surface area (Å²) in [7, 11) is -3.28. The summed E-state index contributed by atoms with van der Waals surface area (Å²) in [5, 5.41) is 0. The first-order chi connectivity index (χ1) is 12.4. The van der Waals surface area contributed by atoms with Crippen LogP contribution in [-0.4, -0.2) is 54.6 Å². The lowest BCUT2D eigenvalue weighted by Crippen LogP contribution is -2.40. The first-order valence-corrected chi connectivity index (χ1v) is 10.9. The molecule has 0 aliphatic carbocycles. The van der Waals surface area contributed by atoms with Crippen LogP contribution >= 0.6 is 0 Å². The first kappa shape index (κ1) is 18.8. The minimum Gasteiger partial charge on any atom is -0.342 e. The van der Waals surface area contributed by atoms with Crippen LogP contribution in [0, 0.1) is 5.92 Å². The van der Waals surface area contributed by atoms with Gasteiger partial charge >= 0.3 is 0 Å². The smallest absolute Gasteiger partial charge is 0.223 e. The number of imidazole rings is 1. The number of hydrogen-bond acceptors (Lipinski definition) is 4. The van der Waals surface area contributed by atoms with Crippen molar-refractivity contribution in [3.63, 3.8) is 0 Å². The monoisotopic (exact) mass is 378 g/mol. The summed E-state index contributed by atoms with van der Waals surface area (Å²) >= 11 is 0. The topological polar surface area (TPSA) is 95.2 Å². The van der Waals surface area contributed by atoms with Gasteiger partial charge in [0.15, 0.2) is 0 Å². The highest BCUT2D eigenvalue weighted by Gasteiger charge is 2.35. The number of para-hydroxylation sites is 2. The zero-order valence-corrected chi connectivity index (χ0v) is 16.1. The normalized spacial score (nSPS) is 20.8. The second-order valence-electron chi connectivity index (χ2n) is 7.04. The number of nitrogens with zero attached hydrogens (tertiary/aromatic N) is 2. The quantitative estimate of drug-likeness (QED) is 0.766. The van der Waals surface area contributed by atoms with Gasteiger partial charge in [-0.25, -0.2) is 18.1 Å². The third-order valence-corrected chi connectivity index (χ3v) is 5.56. The summed E-state index contributed by atoms with van der Waals surface area (Å²) < 4.78 is 25.9. The highest BCUT2D eigenvalue weighted by atomic mass is 32.2. The maximum atomic E-state index is 12.6. The number of aromatic nitrogens is 2. The van der Waals surface area contributed by atoms with Crippen LogP contribution in [-0.2, 0) is 21.2 Å². The van der Waals surface area contributed by atoms with Gasteiger partial charge in [0.1, 0.15) is 5.82 Å². The number of carbonyl (C=O) groups is 1. The lowest BCUT2D eigenvalue weighted by Gasteiger charge is -2.17. The molecule has 0 spiro atoms. The van der Waals surface area contributed by atoms with Crippen molar-refractivity contribution in [1.82, 2.24) is 19.6 Å². The van der Waals surface area contributed by atoms with Crippen molar-refractivity contribution < 1.29 is 13.2 Å². The van der Waals surface area contributed by atoms with E-state index in [-0.39, 0.29) is 17.9 Å². The number of hydrogen-bond donors (Lipinski definition) is 2. The molecule has 0 unspecified atom stereocenters. The van der Waals surface area contributed by atoms with E-state index in [2.05, 4.69) is 21.6 Å². The number of rotatable bonds is 7. The molecule has 0 bridgehead atoms. The van der Waals surface area contributed by atoms with E-state index in [9.17, 15) is 13.2 Å². The standard InChI is InChI=1S/C18H26N4O3S/c1-3-6-13-11-22(12-16(13)21-26(2,24)25)18(23)10-9-17-19-14-7-4-5-8-15(14)20-17/h4-5,7-8,13,16,21H,3,6,9-12H2,1-2H3,(H,19,20)/t13-,16-/m1/s1. The Morgan fingerprint density at radius 1 is 1.35 bits per heavy atom. The number of aryl methyl sites for hydroxylation is 1. The number of aromatic amines is 1. The predicted molar refractivity (Wildman–Crippen MR) is 101 cm³/mol. The Balaban J connectivity index is 1.60. The molecular formula is C18H26N4O3S. The van der Waals surface area contributed by atoms with E-state index in [0.29, 0.717) is 25.9 Å². The predicted octanol–water partition coefficient (Wildman–Crippen LogP) is 1.67.